The van der Waals surface area contributed by atoms with Crippen molar-refractivity contribution in [3.8, 4) is 0 Å². The maximum atomic E-state index is 12.0. The van der Waals surface area contributed by atoms with Crippen LogP contribution < -0.4 is 0 Å². The molecule has 1 atom stereocenters. The molecule has 0 aliphatic heterocycles. The van der Waals surface area contributed by atoms with Crippen LogP contribution >= 0.6 is 15.9 Å². The molecule has 0 amide bonds. The van der Waals surface area contributed by atoms with Crippen molar-refractivity contribution in [3.63, 3.8) is 0 Å². The molecule has 1 unspecified atom stereocenters. The molecule has 82 valence electrons. The summed E-state index contributed by atoms with van der Waals surface area (Å²) in [6.07, 6.45) is 3.34. The van der Waals surface area contributed by atoms with Crippen LogP contribution in [0, 0.1) is 5.92 Å². The Balaban J connectivity index is 2.14. The highest BCUT2D eigenvalue weighted by Gasteiger charge is 2.38. The average Bonchev–Trinajstić information content (AvgIpc) is 2.97. The van der Waals surface area contributed by atoms with Crippen LogP contribution in [0.5, 0.6) is 0 Å². The Kier molecular flexibility index (Phi) is 3.26. The van der Waals surface area contributed by atoms with E-state index in [9.17, 15) is 4.79 Å². The average molecular weight is 273 g/mol. The van der Waals surface area contributed by atoms with Crippen molar-refractivity contribution in [2.75, 3.05) is 6.61 Å². The number of Topliss-reactive ketones (excluding diaryl/α,β-unsaturated/α-hetero) is 1. The fourth-order valence-corrected chi connectivity index (χ4v) is 2.00. The first-order chi connectivity index (χ1) is 7.24. The van der Waals surface area contributed by atoms with Crippen LogP contribution in [0.3, 0.4) is 0 Å². The molecule has 0 spiro atoms. The highest BCUT2D eigenvalue weighted by atomic mass is 79.9. The monoisotopic (exact) mass is 272 g/mol. The van der Waals surface area contributed by atoms with Crippen LogP contribution in [0.4, 0.5) is 0 Å². The van der Waals surface area contributed by atoms with Gasteiger partial charge in [0.1, 0.15) is 6.10 Å². The fraction of sp³-hybridized carbons (Fsp3) is 0.545. The molecule has 1 saturated carbocycles. The van der Waals surface area contributed by atoms with Gasteiger partial charge in [-0.2, -0.15) is 0 Å². The molecule has 0 saturated heterocycles. The lowest BCUT2D eigenvalue weighted by Gasteiger charge is -2.13. The zero-order valence-electron chi connectivity index (χ0n) is 8.53. The van der Waals surface area contributed by atoms with E-state index >= 15 is 0 Å². The van der Waals surface area contributed by atoms with Crippen molar-refractivity contribution in [3.05, 3.63) is 22.6 Å². The second-order valence-electron chi connectivity index (χ2n) is 3.68. The number of ketones is 1. The zero-order chi connectivity index (χ0) is 10.8. The normalized spacial score (nSPS) is 17.7. The maximum Gasteiger partial charge on any atom is 0.228 e. The molecule has 0 radical (unpaired) electrons. The van der Waals surface area contributed by atoms with Crippen molar-refractivity contribution in [2.45, 2.75) is 25.9 Å². The van der Waals surface area contributed by atoms with Gasteiger partial charge in [0.15, 0.2) is 5.76 Å². The van der Waals surface area contributed by atoms with Crippen LogP contribution in [-0.2, 0) is 4.74 Å². The summed E-state index contributed by atoms with van der Waals surface area (Å²) < 4.78 is 11.3. The van der Waals surface area contributed by atoms with Gasteiger partial charge >= 0.3 is 0 Å². The van der Waals surface area contributed by atoms with Gasteiger partial charge in [-0.25, -0.2) is 0 Å². The molecule has 1 aliphatic rings. The number of hydrogen-bond donors (Lipinski definition) is 0. The number of rotatable bonds is 5. The molecule has 0 bridgehead atoms. The van der Waals surface area contributed by atoms with Crippen molar-refractivity contribution in [2.24, 2.45) is 5.92 Å². The molecule has 15 heavy (non-hydrogen) atoms. The molecule has 3 nitrogen and oxygen atoms in total. The number of carbonyl (C=O) groups excluding carboxylic acids is 1. The Hall–Kier alpha value is -0.610. The summed E-state index contributed by atoms with van der Waals surface area (Å²) in [4.78, 5) is 12.0. The predicted octanol–water partition coefficient (Wildman–Crippen LogP) is 3.04. The van der Waals surface area contributed by atoms with Crippen molar-refractivity contribution in [1.82, 2.24) is 0 Å². The lowest BCUT2D eigenvalue weighted by molar-refractivity contribution is 0.0350. The van der Waals surface area contributed by atoms with Gasteiger partial charge in [0.25, 0.3) is 0 Å². The van der Waals surface area contributed by atoms with Crippen molar-refractivity contribution >= 4 is 21.7 Å². The Labute approximate surface area is 96.9 Å². The molecular weight excluding hydrogens is 260 g/mol. The molecule has 0 aromatic carbocycles. The SMILES string of the molecule is CCOC(C(=O)c1occc1Br)C1CC1. The number of halogens is 1. The number of hydrogen-bond acceptors (Lipinski definition) is 3. The summed E-state index contributed by atoms with van der Waals surface area (Å²) >= 11 is 3.29. The number of ether oxygens (including phenoxy) is 1. The third-order valence-corrected chi connectivity index (χ3v) is 3.12. The Bertz CT molecular complexity index is 354. The standard InChI is InChI=1S/C11H13BrO3/c1-2-14-10(7-3-4-7)9(13)11-8(12)5-6-15-11/h5-7,10H,2-4H2,1H3. The van der Waals surface area contributed by atoms with E-state index in [4.69, 9.17) is 9.15 Å². The summed E-state index contributed by atoms with van der Waals surface area (Å²) in [5.41, 5.74) is 0. The highest BCUT2D eigenvalue weighted by Crippen LogP contribution is 2.36. The number of furan rings is 1. The van der Waals surface area contributed by atoms with Gasteiger partial charge in [0.05, 0.1) is 10.7 Å². The minimum atomic E-state index is -0.322. The predicted molar refractivity (Wildman–Crippen MR) is 58.9 cm³/mol. The van der Waals surface area contributed by atoms with Gasteiger partial charge in [-0.15, -0.1) is 0 Å². The second kappa shape index (κ2) is 4.49. The van der Waals surface area contributed by atoms with Gasteiger partial charge in [-0.05, 0) is 47.7 Å². The van der Waals surface area contributed by atoms with Gasteiger partial charge in [-0.1, -0.05) is 0 Å². The minimum absolute atomic E-state index is 0.0452. The largest absolute Gasteiger partial charge is 0.460 e. The molecule has 1 aromatic heterocycles. The van der Waals surface area contributed by atoms with Gasteiger partial charge in [0, 0.05) is 6.61 Å². The van der Waals surface area contributed by atoms with Crippen molar-refractivity contribution < 1.29 is 13.9 Å². The molecule has 1 aliphatic carbocycles. The molecule has 0 N–H and O–H groups in total. The second-order valence-corrected chi connectivity index (χ2v) is 4.53. The summed E-state index contributed by atoms with van der Waals surface area (Å²) in [6.45, 7) is 2.46. The fourth-order valence-electron chi connectivity index (χ4n) is 1.60. The van der Waals surface area contributed by atoms with E-state index in [2.05, 4.69) is 15.9 Å². The smallest absolute Gasteiger partial charge is 0.228 e. The van der Waals surface area contributed by atoms with Crippen LogP contribution in [0.1, 0.15) is 30.3 Å². The summed E-state index contributed by atoms with van der Waals surface area (Å²) in [5, 5.41) is 0. The first kappa shape index (κ1) is 10.9. The van der Waals surface area contributed by atoms with E-state index in [0.717, 1.165) is 12.8 Å². The first-order valence-corrected chi connectivity index (χ1v) is 5.92. The number of carbonyl (C=O) groups is 1. The Morgan fingerprint density at radius 3 is 2.93 bits per heavy atom. The molecule has 1 aromatic rings. The van der Waals surface area contributed by atoms with Gasteiger partial charge < -0.3 is 9.15 Å². The van der Waals surface area contributed by atoms with E-state index in [1.807, 2.05) is 6.92 Å². The van der Waals surface area contributed by atoms with E-state index in [0.29, 0.717) is 22.8 Å². The molecule has 4 heteroatoms. The summed E-state index contributed by atoms with van der Waals surface area (Å²) in [6, 6.07) is 1.73. The topological polar surface area (TPSA) is 39.4 Å². The van der Waals surface area contributed by atoms with Gasteiger partial charge in [0.2, 0.25) is 5.78 Å². The molecular formula is C11H13BrO3. The van der Waals surface area contributed by atoms with Crippen LogP contribution in [-0.4, -0.2) is 18.5 Å². The molecule has 1 heterocycles. The third kappa shape index (κ3) is 2.32. The molecule has 2 rings (SSSR count). The minimum Gasteiger partial charge on any atom is -0.460 e. The molecule has 1 fully saturated rings. The van der Waals surface area contributed by atoms with E-state index in [1.54, 1.807) is 6.07 Å². The van der Waals surface area contributed by atoms with Gasteiger partial charge in [-0.3, -0.25) is 4.79 Å². The van der Waals surface area contributed by atoms with E-state index < -0.39 is 0 Å². The Morgan fingerprint density at radius 1 is 1.73 bits per heavy atom. The van der Waals surface area contributed by atoms with Crippen LogP contribution in [0.15, 0.2) is 21.2 Å². The van der Waals surface area contributed by atoms with E-state index in [-0.39, 0.29) is 11.9 Å². The van der Waals surface area contributed by atoms with Crippen molar-refractivity contribution in [1.29, 1.82) is 0 Å². The third-order valence-electron chi connectivity index (χ3n) is 2.50. The highest BCUT2D eigenvalue weighted by molar-refractivity contribution is 9.10. The maximum absolute atomic E-state index is 12.0. The quantitative estimate of drug-likeness (QED) is 0.774. The first-order valence-electron chi connectivity index (χ1n) is 5.12. The Morgan fingerprint density at radius 2 is 2.47 bits per heavy atom. The van der Waals surface area contributed by atoms with Crippen LogP contribution in [0.25, 0.3) is 0 Å². The van der Waals surface area contributed by atoms with E-state index in [1.165, 1.54) is 6.26 Å². The lowest BCUT2D eigenvalue weighted by atomic mass is 10.1. The summed E-state index contributed by atoms with van der Waals surface area (Å²) in [5.74, 6) is 0.714. The zero-order valence-corrected chi connectivity index (χ0v) is 10.1. The summed E-state index contributed by atoms with van der Waals surface area (Å²) in [7, 11) is 0. The lowest BCUT2D eigenvalue weighted by Crippen LogP contribution is -2.26. The van der Waals surface area contributed by atoms with Crippen LogP contribution in [0.2, 0.25) is 0 Å².